The van der Waals surface area contributed by atoms with Crippen molar-refractivity contribution >= 4 is 32.3 Å². The summed E-state index contributed by atoms with van der Waals surface area (Å²) in [5, 5.41) is 0.0517. The van der Waals surface area contributed by atoms with Gasteiger partial charge in [0.05, 0.1) is 4.90 Å². The molecule has 0 amide bonds. The third-order valence-corrected chi connectivity index (χ3v) is 6.20. The third kappa shape index (κ3) is 4.81. The predicted octanol–water partition coefficient (Wildman–Crippen LogP) is 2.02. The summed E-state index contributed by atoms with van der Waals surface area (Å²) >= 11 is 0. The molecule has 4 N–H and O–H groups in total. The first-order valence-corrected chi connectivity index (χ1v) is 10.6. The average Bonchev–Trinajstić information content (AvgIpc) is 2.58. The zero-order chi connectivity index (χ0) is 21.3. The van der Waals surface area contributed by atoms with Gasteiger partial charge in [0.2, 0.25) is 0 Å². The van der Waals surface area contributed by atoms with Crippen LogP contribution in [0, 0.1) is 0 Å². The summed E-state index contributed by atoms with van der Waals surface area (Å²) in [6, 6.07) is 9.40. The maximum atomic E-state index is 13.1. The molecule has 0 saturated carbocycles. The lowest BCUT2D eigenvalue weighted by atomic mass is 10.1. The molecule has 7 nitrogen and oxygen atoms in total. The second-order valence-corrected chi connectivity index (χ2v) is 10.1. The molecule has 2 unspecified atom stereocenters. The second-order valence-electron chi connectivity index (χ2n) is 7.98. The van der Waals surface area contributed by atoms with Crippen LogP contribution in [0.5, 0.6) is 0 Å². The maximum absolute atomic E-state index is 13.1. The smallest absolute Gasteiger partial charge is 0.323 e. The van der Waals surface area contributed by atoms with Crippen molar-refractivity contribution < 1.29 is 17.9 Å². The van der Waals surface area contributed by atoms with Crippen molar-refractivity contribution in [1.29, 1.82) is 0 Å². The fraction of sp³-hybridized carbons (Fsp3) is 0.450. The molecule has 0 aliphatic rings. The quantitative estimate of drug-likeness (QED) is 0.704. The number of rotatable bonds is 6. The average molecular weight is 408 g/mol. The first kappa shape index (κ1) is 22.1. The first-order chi connectivity index (χ1) is 12.8. The number of carbonyl (C=O) groups is 1. The van der Waals surface area contributed by atoms with Gasteiger partial charge in [0, 0.05) is 37.0 Å². The van der Waals surface area contributed by atoms with Gasteiger partial charge in [-0.25, -0.2) is 8.42 Å². The van der Waals surface area contributed by atoms with Crippen molar-refractivity contribution in [3.8, 4) is 0 Å². The summed E-state index contributed by atoms with van der Waals surface area (Å²) in [4.78, 5) is 14.1. The molecule has 0 bridgehead atoms. The van der Waals surface area contributed by atoms with Crippen LogP contribution in [0.15, 0.2) is 41.3 Å². The number of nitrogens with two attached hydrogens (primary N) is 2. The van der Waals surface area contributed by atoms with E-state index in [4.69, 9.17) is 16.2 Å². The Kier molecular flexibility index (Phi) is 6.37. The van der Waals surface area contributed by atoms with E-state index >= 15 is 0 Å². The van der Waals surface area contributed by atoms with Gasteiger partial charge in [-0.2, -0.15) is 0 Å². The number of esters is 1. The fourth-order valence-electron chi connectivity index (χ4n) is 2.92. The van der Waals surface area contributed by atoms with E-state index in [-0.39, 0.29) is 11.3 Å². The van der Waals surface area contributed by atoms with Gasteiger partial charge in [-0.15, -0.1) is 0 Å². The molecule has 154 valence electrons. The number of benzene rings is 2. The lowest BCUT2D eigenvalue weighted by molar-refractivity contribution is -0.156. The van der Waals surface area contributed by atoms with E-state index in [1.165, 1.54) is 6.07 Å². The van der Waals surface area contributed by atoms with Crippen molar-refractivity contribution in [3.63, 3.8) is 0 Å². The summed E-state index contributed by atoms with van der Waals surface area (Å²) in [7, 11) is -0.128. The van der Waals surface area contributed by atoms with Gasteiger partial charge in [-0.05, 0) is 32.9 Å². The van der Waals surface area contributed by atoms with Crippen molar-refractivity contribution in [3.05, 3.63) is 36.4 Å². The Labute approximate surface area is 166 Å². The molecule has 0 fully saturated rings. The molecule has 0 aliphatic carbocycles. The number of carbonyl (C=O) groups excluding carboxylic acids is 1. The Morgan fingerprint density at radius 2 is 1.64 bits per heavy atom. The van der Waals surface area contributed by atoms with Gasteiger partial charge in [0.1, 0.15) is 17.0 Å². The molecule has 2 aromatic carbocycles. The molecule has 2 rings (SSSR count). The topological polar surface area (TPSA) is 116 Å². The normalized spacial score (nSPS) is 14.5. The number of hydrogen-bond acceptors (Lipinski definition) is 7. The number of hydrogen-bond donors (Lipinski definition) is 2. The van der Waals surface area contributed by atoms with E-state index < -0.39 is 32.8 Å². The SMILES string of the molecule is CN(C)c1cccc2c(S(=O)(=O)C(N)CC(N)C(=O)OC(C)(C)C)cccc12. The van der Waals surface area contributed by atoms with E-state index in [9.17, 15) is 13.2 Å². The molecule has 0 heterocycles. The number of ether oxygens (including phenoxy) is 1. The van der Waals surface area contributed by atoms with Crippen LogP contribution in [-0.2, 0) is 19.4 Å². The van der Waals surface area contributed by atoms with Crippen LogP contribution in [0.25, 0.3) is 10.8 Å². The molecule has 2 aromatic rings. The van der Waals surface area contributed by atoms with Crippen molar-refractivity contribution in [2.75, 3.05) is 19.0 Å². The zero-order valence-corrected chi connectivity index (χ0v) is 17.8. The second kappa shape index (κ2) is 8.06. The summed E-state index contributed by atoms with van der Waals surface area (Å²) in [6.07, 6.45) is -0.235. The van der Waals surface area contributed by atoms with E-state index in [1.807, 2.05) is 31.1 Å². The van der Waals surface area contributed by atoms with Gasteiger partial charge in [0.25, 0.3) is 0 Å². The Morgan fingerprint density at radius 1 is 1.07 bits per heavy atom. The van der Waals surface area contributed by atoms with E-state index in [1.54, 1.807) is 39.0 Å². The molecule has 8 heteroatoms. The monoisotopic (exact) mass is 407 g/mol. The van der Waals surface area contributed by atoms with Gasteiger partial charge in [-0.1, -0.05) is 24.3 Å². The molecule has 0 aromatic heterocycles. The molecular formula is C20H29N3O4S. The van der Waals surface area contributed by atoms with Crippen LogP contribution < -0.4 is 16.4 Å². The molecule has 28 heavy (non-hydrogen) atoms. The highest BCUT2D eigenvalue weighted by Crippen LogP contribution is 2.31. The van der Waals surface area contributed by atoms with Gasteiger partial charge in [-0.3, -0.25) is 4.79 Å². The molecular weight excluding hydrogens is 378 g/mol. The van der Waals surface area contributed by atoms with Crippen LogP contribution in [0.2, 0.25) is 0 Å². The largest absolute Gasteiger partial charge is 0.459 e. The van der Waals surface area contributed by atoms with Crippen LogP contribution in [0.1, 0.15) is 27.2 Å². The minimum atomic E-state index is -3.91. The highest BCUT2D eigenvalue weighted by molar-refractivity contribution is 7.92. The standard InChI is InChI=1S/C20H29N3O4S/c1-20(2,3)27-19(24)15(21)12-18(22)28(25,26)17-11-7-8-13-14(17)9-6-10-16(13)23(4)5/h6-11,15,18H,12,21-22H2,1-5H3. The molecule has 0 radical (unpaired) electrons. The number of nitrogens with zero attached hydrogens (tertiary/aromatic N) is 1. The number of sulfone groups is 1. The van der Waals surface area contributed by atoms with E-state index in [2.05, 4.69) is 0 Å². The molecule has 2 atom stereocenters. The summed E-state index contributed by atoms with van der Waals surface area (Å²) in [5.74, 6) is -0.675. The third-order valence-electron chi connectivity index (χ3n) is 4.24. The molecule has 0 aliphatic heterocycles. The van der Waals surface area contributed by atoms with Crippen LogP contribution >= 0.6 is 0 Å². The van der Waals surface area contributed by atoms with Crippen LogP contribution in [0.4, 0.5) is 5.69 Å². The zero-order valence-electron chi connectivity index (χ0n) is 17.0. The summed E-state index contributed by atoms with van der Waals surface area (Å²) in [6.45, 7) is 5.15. The van der Waals surface area contributed by atoms with Crippen LogP contribution in [-0.4, -0.2) is 45.5 Å². The maximum Gasteiger partial charge on any atom is 0.323 e. The highest BCUT2D eigenvalue weighted by Gasteiger charge is 2.31. The summed E-state index contributed by atoms with van der Waals surface area (Å²) in [5.41, 5.74) is 12.0. The van der Waals surface area contributed by atoms with E-state index in [0.29, 0.717) is 5.39 Å². The highest BCUT2D eigenvalue weighted by atomic mass is 32.2. The van der Waals surface area contributed by atoms with Gasteiger partial charge < -0.3 is 21.1 Å². The van der Waals surface area contributed by atoms with Crippen molar-refractivity contribution in [1.82, 2.24) is 0 Å². The molecule has 0 saturated heterocycles. The van der Waals surface area contributed by atoms with Crippen LogP contribution in [0.3, 0.4) is 0 Å². The Hall–Kier alpha value is -2.16. The lowest BCUT2D eigenvalue weighted by Crippen LogP contribution is -2.43. The van der Waals surface area contributed by atoms with Gasteiger partial charge >= 0.3 is 5.97 Å². The summed E-state index contributed by atoms with van der Waals surface area (Å²) < 4.78 is 31.5. The minimum absolute atomic E-state index is 0.123. The number of fused-ring (bicyclic) bond motifs is 1. The molecule has 0 spiro atoms. The fourth-order valence-corrected chi connectivity index (χ4v) is 4.46. The Bertz CT molecular complexity index is 965. The van der Waals surface area contributed by atoms with Crippen molar-refractivity contribution in [2.24, 2.45) is 11.5 Å². The van der Waals surface area contributed by atoms with Gasteiger partial charge in [0.15, 0.2) is 9.84 Å². The number of anilines is 1. The minimum Gasteiger partial charge on any atom is -0.459 e. The first-order valence-electron chi connectivity index (χ1n) is 9.01. The van der Waals surface area contributed by atoms with E-state index in [0.717, 1.165) is 11.1 Å². The lowest BCUT2D eigenvalue weighted by Gasteiger charge is -2.24. The Morgan fingerprint density at radius 3 is 2.21 bits per heavy atom. The predicted molar refractivity (Wildman–Crippen MR) is 112 cm³/mol. The Balaban J connectivity index is 2.37. The van der Waals surface area contributed by atoms with Crippen molar-refractivity contribution in [2.45, 2.75) is 49.1 Å².